The van der Waals surface area contributed by atoms with Gasteiger partial charge in [-0.1, -0.05) is 61.7 Å². The van der Waals surface area contributed by atoms with Gasteiger partial charge in [0.1, 0.15) is 6.54 Å². The summed E-state index contributed by atoms with van der Waals surface area (Å²) in [6.45, 7) is 7.87. The molecular weight excluding hydrogens is 510 g/mol. The molecule has 2 fully saturated rings. The zero-order valence-electron chi connectivity index (χ0n) is 23.2. The number of hydrogen-bond donors (Lipinski definition) is 1. The number of benzene rings is 1. The van der Waals surface area contributed by atoms with Gasteiger partial charge in [0.25, 0.3) is 0 Å². The molecule has 2 heterocycles. The van der Waals surface area contributed by atoms with Gasteiger partial charge in [-0.05, 0) is 32.3 Å². The maximum Gasteiger partial charge on any atom is 0.245 e. The van der Waals surface area contributed by atoms with Crippen LogP contribution in [0.15, 0.2) is 41.8 Å². The third-order valence-electron chi connectivity index (χ3n) is 7.50. The molecule has 210 valence electrons. The molecule has 0 bridgehead atoms. The molecule has 1 aromatic carbocycles. The van der Waals surface area contributed by atoms with Crippen LogP contribution in [0.25, 0.3) is 6.08 Å². The first-order valence-electron chi connectivity index (χ1n) is 14.2. The minimum Gasteiger partial charge on any atom is -0.340 e. The van der Waals surface area contributed by atoms with Crippen molar-refractivity contribution in [3.8, 4) is 0 Å². The van der Waals surface area contributed by atoms with Gasteiger partial charge >= 0.3 is 0 Å². The van der Waals surface area contributed by atoms with E-state index in [9.17, 15) is 14.4 Å². The van der Waals surface area contributed by atoms with Crippen LogP contribution in [-0.4, -0.2) is 82.7 Å². The molecule has 2 aromatic rings. The van der Waals surface area contributed by atoms with Crippen molar-refractivity contribution in [2.45, 2.75) is 58.4 Å². The van der Waals surface area contributed by atoms with Gasteiger partial charge in [0, 0.05) is 50.1 Å². The molecule has 1 N–H and O–H groups in total. The molecule has 4 rings (SSSR count). The highest BCUT2D eigenvalue weighted by atomic mass is 32.1. The number of piperazine rings is 1. The molecule has 1 saturated heterocycles. The highest BCUT2D eigenvalue weighted by Crippen LogP contribution is 2.26. The second kappa shape index (κ2) is 14.4. The average Bonchev–Trinajstić information content (AvgIpc) is 3.39. The van der Waals surface area contributed by atoms with E-state index in [1.54, 1.807) is 4.90 Å². The SMILES string of the molecule is CC(C)N(CC(=O)Nc1nc(CC(=O)N2CCN(C/C=C/c3ccccc3)CC2)cs1)C(=O)C1CCCCC1. The lowest BCUT2D eigenvalue weighted by molar-refractivity contribution is -0.141. The van der Waals surface area contributed by atoms with Gasteiger partial charge in [-0.15, -0.1) is 11.3 Å². The van der Waals surface area contributed by atoms with E-state index in [4.69, 9.17) is 0 Å². The van der Waals surface area contributed by atoms with Crippen LogP contribution in [-0.2, 0) is 20.8 Å². The summed E-state index contributed by atoms with van der Waals surface area (Å²) in [5.74, 6) is -0.0872. The van der Waals surface area contributed by atoms with Gasteiger partial charge in [-0.2, -0.15) is 0 Å². The minimum absolute atomic E-state index is 0.0195. The lowest BCUT2D eigenvalue weighted by atomic mass is 9.88. The molecule has 3 amide bonds. The molecular formula is C30H41N5O3S. The standard InChI is InChI=1S/C30H41N5O3S/c1-23(2)35(29(38)25-13-7-4-8-14-25)21-27(36)32-30-31-26(22-39-30)20-28(37)34-18-16-33(17-19-34)15-9-12-24-10-5-3-6-11-24/h3,5-6,9-12,22-23,25H,4,7-8,13-21H2,1-2H3,(H,31,32,36)/b12-9+. The summed E-state index contributed by atoms with van der Waals surface area (Å²) >= 11 is 1.31. The third-order valence-corrected chi connectivity index (χ3v) is 8.31. The summed E-state index contributed by atoms with van der Waals surface area (Å²) in [6.07, 6.45) is 9.69. The number of aromatic nitrogens is 1. The fourth-order valence-corrected chi connectivity index (χ4v) is 5.93. The van der Waals surface area contributed by atoms with Crippen molar-refractivity contribution in [2.75, 3.05) is 44.6 Å². The summed E-state index contributed by atoms with van der Waals surface area (Å²) in [6, 6.07) is 10.2. The van der Waals surface area contributed by atoms with Crippen LogP contribution in [0, 0.1) is 5.92 Å². The molecule has 8 nitrogen and oxygen atoms in total. The fraction of sp³-hybridized carbons (Fsp3) is 0.533. The first-order chi connectivity index (χ1) is 18.9. The second-order valence-corrected chi connectivity index (χ2v) is 11.6. The Kier molecular flexibility index (Phi) is 10.7. The number of rotatable bonds is 10. The molecule has 0 unspecified atom stereocenters. The smallest absolute Gasteiger partial charge is 0.245 e. The molecule has 0 radical (unpaired) electrons. The normalized spacial score (nSPS) is 17.1. The van der Waals surface area contributed by atoms with E-state index in [0.29, 0.717) is 23.9 Å². The van der Waals surface area contributed by atoms with E-state index in [-0.39, 0.29) is 42.6 Å². The van der Waals surface area contributed by atoms with E-state index in [0.717, 1.165) is 45.3 Å². The monoisotopic (exact) mass is 551 g/mol. The van der Waals surface area contributed by atoms with Crippen LogP contribution < -0.4 is 5.32 Å². The summed E-state index contributed by atoms with van der Waals surface area (Å²) in [7, 11) is 0. The van der Waals surface area contributed by atoms with Crippen molar-refractivity contribution < 1.29 is 14.4 Å². The van der Waals surface area contributed by atoms with Crippen molar-refractivity contribution in [1.29, 1.82) is 0 Å². The average molecular weight is 552 g/mol. The Morgan fingerprint density at radius 1 is 1.08 bits per heavy atom. The van der Waals surface area contributed by atoms with Crippen molar-refractivity contribution in [3.63, 3.8) is 0 Å². The Morgan fingerprint density at radius 2 is 1.79 bits per heavy atom. The molecule has 1 aliphatic heterocycles. The summed E-state index contributed by atoms with van der Waals surface area (Å²) in [5.41, 5.74) is 1.85. The number of nitrogens with one attached hydrogen (secondary N) is 1. The summed E-state index contributed by atoms with van der Waals surface area (Å²) in [5, 5.41) is 5.12. The quantitative estimate of drug-likeness (QED) is 0.476. The van der Waals surface area contributed by atoms with Gasteiger partial charge in [-0.3, -0.25) is 19.3 Å². The number of thiazole rings is 1. The van der Waals surface area contributed by atoms with Crippen LogP contribution >= 0.6 is 11.3 Å². The summed E-state index contributed by atoms with van der Waals surface area (Å²) < 4.78 is 0. The zero-order chi connectivity index (χ0) is 27.6. The maximum absolute atomic E-state index is 13.0. The highest BCUT2D eigenvalue weighted by Gasteiger charge is 2.29. The predicted molar refractivity (Wildman–Crippen MR) is 156 cm³/mol. The van der Waals surface area contributed by atoms with Gasteiger partial charge in [0.15, 0.2) is 5.13 Å². The van der Waals surface area contributed by atoms with E-state index in [2.05, 4.69) is 39.5 Å². The summed E-state index contributed by atoms with van der Waals surface area (Å²) in [4.78, 5) is 49.0. The van der Waals surface area contributed by atoms with Crippen LogP contribution in [0.2, 0.25) is 0 Å². The number of carbonyl (C=O) groups excluding carboxylic acids is 3. The molecule has 1 saturated carbocycles. The highest BCUT2D eigenvalue weighted by molar-refractivity contribution is 7.13. The first kappa shape index (κ1) is 29.0. The van der Waals surface area contributed by atoms with Crippen LogP contribution in [0.4, 0.5) is 5.13 Å². The zero-order valence-corrected chi connectivity index (χ0v) is 24.0. The number of carbonyl (C=O) groups is 3. The van der Waals surface area contributed by atoms with Crippen molar-refractivity contribution in [1.82, 2.24) is 19.7 Å². The lowest BCUT2D eigenvalue weighted by Gasteiger charge is -2.34. The number of nitrogens with zero attached hydrogens (tertiary/aromatic N) is 4. The fourth-order valence-electron chi connectivity index (χ4n) is 5.21. The lowest BCUT2D eigenvalue weighted by Crippen LogP contribution is -2.49. The van der Waals surface area contributed by atoms with Crippen molar-refractivity contribution >= 4 is 40.3 Å². The number of amides is 3. The molecule has 9 heteroatoms. The number of anilines is 1. The number of hydrogen-bond acceptors (Lipinski definition) is 6. The Hall–Kier alpha value is -3.04. The van der Waals surface area contributed by atoms with E-state index < -0.39 is 0 Å². The van der Waals surface area contributed by atoms with Crippen LogP contribution in [0.1, 0.15) is 57.2 Å². The van der Waals surface area contributed by atoms with Gasteiger partial charge in [0.2, 0.25) is 17.7 Å². The molecule has 0 atom stereocenters. The van der Waals surface area contributed by atoms with Crippen molar-refractivity contribution in [2.24, 2.45) is 5.92 Å². The Labute approximate surface area is 236 Å². The van der Waals surface area contributed by atoms with E-state index in [1.807, 2.05) is 42.3 Å². The first-order valence-corrected chi connectivity index (χ1v) is 15.0. The third kappa shape index (κ3) is 8.73. The Bertz CT molecular complexity index is 1120. The molecule has 1 aromatic heterocycles. The van der Waals surface area contributed by atoms with Gasteiger partial charge in [0.05, 0.1) is 12.1 Å². The molecule has 0 spiro atoms. The minimum atomic E-state index is -0.252. The second-order valence-electron chi connectivity index (χ2n) is 10.8. The van der Waals surface area contributed by atoms with Crippen LogP contribution in [0.5, 0.6) is 0 Å². The van der Waals surface area contributed by atoms with Crippen LogP contribution in [0.3, 0.4) is 0 Å². The van der Waals surface area contributed by atoms with Gasteiger partial charge in [-0.25, -0.2) is 4.98 Å². The largest absolute Gasteiger partial charge is 0.340 e. The Balaban J connectivity index is 1.20. The topological polar surface area (TPSA) is 85.8 Å². The van der Waals surface area contributed by atoms with E-state index in [1.165, 1.54) is 23.3 Å². The molecule has 1 aliphatic carbocycles. The van der Waals surface area contributed by atoms with Crippen molar-refractivity contribution in [3.05, 3.63) is 53.0 Å². The van der Waals surface area contributed by atoms with Gasteiger partial charge < -0.3 is 15.1 Å². The molecule has 39 heavy (non-hydrogen) atoms. The maximum atomic E-state index is 13.0. The predicted octanol–water partition coefficient (Wildman–Crippen LogP) is 4.30. The molecule has 2 aliphatic rings. The van der Waals surface area contributed by atoms with E-state index >= 15 is 0 Å². The Morgan fingerprint density at radius 3 is 2.49 bits per heavy atom.